The van der Waals surface area contributed by atoms with Gasteiger partial charge in [0.25, 0.3) is 0 Å². The van der Waals surface area contributed by atoms with Crippen LogP contribution in [0.4, 0.5) is 0 Å². The Hall–Kier alpha value is -2.70. The van der Waals surface area contributed by atoms with Crippen molar-refractivity contribution in [2.75, 3.05) is 0 Å². The Balaban J connectivity index is 1.75. The van der Waals surface area contributed by atoms with Gasteiger partial charge in [0.1, 0.15) is 17.8 Å². The Kier molecular flexibility index (Phi) is 4.59. The van der Waals surface area contributed by atoms with Gasteiger partial charge in [0.2, 0.25) is 5.91 Å². The van der Waals surface area contributed by atoms with Crippen molar-refractivity contribution in [1.29, 1.82) is 0 Å². The van der Waals surface area contributed by atoms with E-state index in [1.807, 2.05) is 31.3 Å². The largest absolute Gasteiger partial charge is 0.356 e. The summed E-state index contributed by atoms with van der Waals surface area (Å²) < 4.78 is 6.95. The predicted molar refractivity (Wildman–Crippen MR) is 89.1 cm³/mol. The number of nitrogens with zero attached hydrogens (tertiary/aromatic N) is 4. The van der Waals surface area contributed by atoms with E-state index in [0.717, 1.165) is 17.6 Å². The van der Waals surface area contributed by atoms with Gasteiger partial charge in [-0.2, -0.15) is 5.10 Å². The number of aryl methyl sites for hydroxylation is 1. The van der Waals surface area contributed by atoms with Crippen LogP contribution >= 0.6 is 0 Å². The van der Waals surface area contributed by atoms with Crippen LogP contribution in [0.3, 0.4) is 0 Å². The number of hydrogen-bond acceptors (Lipinski definition) is 5. The molecule has 0 aliphatic carbocycles. The summed E-state index contributed by atoms with van der Waals surface area (Å²) in [5.41, 5.74) is 1.33. The van der Waals surface area contributed by atoms with E-state index in [-0.39, 0.29) is 18.4 Å². The molecule has 3 rings (SSSR count). The van der Waals surface area contributed by atoms with Crippen molar-refractivity contribution in [3.63, 3.8) is 0 Å². The maximum absolute atomic E-state index is 12.5. The molecule has 0 aliphatic heterocycles. The standard InChI is InChI=1S/C17H21N5O2/c1-11(2)8-14(17-18-10-19-22(17)3)20-16(23)9-13-12-6-4-5-7-15(12)24-21-13/h4-7,10-11,14H,8-9H2,1-3H3,(H,20,23)/t14-/m1/s1. The van der Waals surface area contributed by atoms with Crippen LogP contribution in [-0.4, -0.2) is 25.8 Å². The van der Waals surface area contributed by atoms with E-state index in [4.69, 9.17) is 4.52 Å². The van der Waals surface area contributed by atoms with Gasteiger partial charge in [-0.05, 0) is 24.5 Å². The fourth-order valence-corrected chi connectivity index (χ4v) is 2.78. The molecule has 126 valence electrons. The summed E-state index contributed by atoms with van der Waals surface area (Å²) in [6, 6.07) is 7.35. The molecule has 1 amide bonds. The topological polar surface area (TPSA) is 85.8 Å². The van der Waals surface area contributed by atoms with E-state index in [2.05, 4.69) is 34.4 Å². The maximum atomic E-state index is 12.5. The van der Waals surface area contributed by atoms with Crippen LogP contribution in [0.25, 0.3) is 11.0 Å². The highest BCUT2D eigenvalue weighted by Gasteiger charge is 2.21. The van der Waals surface area contributed by atoms with E-state index >= 15 is 0 Å². The summed E-state index contributed by atoms with van der Waals surface area (Å²) in [5.74, 6) is 1.06. The third kappa shape index (κ3) is 3.45. The summed E-state index contributed by atoms with van der Waals surface area (Å²) in [6.07, 6.45) is 2.46. The lowest BCUT2D eigenvalue weighted by molar-refractivity contribution is -0.121. The van der Waals surface area contributed by atoms with Gasteiger partial charge in [-0.1, -0.05) is 31.1 Å². The van der Waals surface area contributed by atoms with E-state index in [1.54, 1.807) is 4.68 Å². The number of para-hydroxylation sites is 1. The molecule has 2 aromatic heterocycles. The summed E-state index contributed by atoms with van der Waals surface area (Å²) in [6.45, 7) is 4.22. The number of nitrogens with one attached hydrogen (secondary N) is 1. The molecule has 7 heteroatoms. The fraction of sp³-hybridized carbons (Fsp3) is 0.412. The van der Waals surface area contributed by atoms with Crippen molar-refractivity contribution in [1.82, 2.24) is 25.2 Å². The van der Waals surface area contributed by atoms with E-state index in [0.29, 0.717) is 17.2 Å². The highest BCUT2D eigenvalue weighted by atomic mass is 16.5. The SMILES string of the molecule is CC(C)C[C@@H](NC(=O)Cc1noc2ccccc12)c1ncnn1C. The minimum atomic E-state index is -0.178. The summed E-state index contributed by atoms with van der Waals surface area (Å²) >= 11 is 0. The zero-order valence-corrected chi connectivity index (χ0v) is 14.1. The normalized spacial score (nSPS) is 12.7. The average Bonchev–Trinajstić information content (AvgIpc) is 3.13. The lowest BCUT2D eigenvalue weighted by atomic mass is 10.0. The Morgan fingerprint density at radius 1 is 1.33 bits per heavy atom. The highest BCUT2D eigenvalue weighted by molar-refractivity contribution is 5.86. The van der Waals surface area contributed by atoms with Gasteiger partial charge < -0.3 is 9.84 Å². The zero-order valence-electron chi connectivity index (χ0n) is 14.1. The molecule has 1 N–H and O–H groups in total. The number of benzene rings is 1. The highest BCUT2D eigenvalue weighted by Crippen LogP contribution is 2.21. The lowest BCUT2D eigenvalue weighted by Gasteiger charge is -2.19. The molecule has 1 atom stereocenters. The second kappa shape index (κ2) is 6.82. The molecule has 7 nitrogen and oxygen atoms in total. The molecule has 0 radical (unpaired) electrons. The Bertz CT molecular complexity index is 836. The van der Waals surface area contributed by atoms with Crippen LogP contribution in [0.15, 0.2) is 35.1 Å². The number of carbonyl (C=O) groups excluding carboxylic acids is 1. The molecule has 0 saturated carbocycles. The number of carbonyl (C=O) groups is 1. The lowest BCUT2D eigenvalue weighted by Crippen LogP contribution is -2.32. The molecule has 0 saturated heterocycles. The van der Waals surface area contributed by atoms with Crippen molar-refractivity contribution in [3.05, 3.63) is 42.1 Å². The van der Waals surface area contributed by atoms with Gasteiger partial charge in [-0.3, -0.25) is 9.48 Å². The van der Waals surface area contributed by atoms with Crippen LogP contribution in [0, 0.1) is 5.92 Å². The summed E-state index contributed by atoms with van der Waals surface area (Å²) in [4.78, 5) is 16.8. The number of fused-ring (bicyclic) bond motifs is 1. The van der Waals surface area contributed by atoms with Crippen molar-refractivity contribution >= 4 is 16.9 Å². The van der Waals surface area contributed by atoms with Gasteiger partial charge in [-0.25, -0.2) is 4.98 Å². The molecular formula is C17H21N5O2. The minimum Gasteiger partial charge on any atom is -0.356 e. The summed E-state index contributed by atoms with van der Waals surface area (Å²) in [7, 11) is 1.83. The van der Waals surface area contributed by atoms with Gasteiger partial charge in [0.15, 0.2) is 5.58 Å². The molecule has 0 fully saturated rings. The Labute approximate surface area is 140 Å². The van der Waals surface area contributed by atoms with Gasteiger partial charge in [0, 0.05) is 12.4 Å². The molecule has 0 spiro atoms. The predicted octanol–water partition coefficient (Wildman–Crippen LogP) is 2.40. The first-order valence-corrected chi connectivity index (χ1v) is 8.01. The molecule has 0 unspecified atom stereocenters. The quantitative estimate of drug-likeness (QED) is 0.751. The third-order valence-electron chi connectivity index (χ3n) is 3.88. The fourth-order valence-electron chi connectivity index (χ4n) is 2.78. The van der Waals surface area contributed by atoms with E-state index < -0.39 is 0 Å². The first-order valence-electron chi connectivity index (χ1n) is 8.01. The van der Waals surface area contributed by atoms with E-state index in [9.17, 15) is 4.79 Å². The maximum Gasteiger partial charge on any atom is 0.226 e. The smallest absolute Gasteiger partial charge is 0.226 e. The minimum absolute atomic E-state index is 0.109. The van der Waals surface area contributed by atoms with Gasteiger partial charge in [-0.15, -0.1) is 0 Å². The van der Waals surface area contributed by atoms with Gasteiger partial charge >= 0.3 is 0 Å². The van der Waals surface area contributed by atoms with Crippen molar-refractivity contribution in [2.24, 2.45) is 13.0 Å². The average molecular weight is 327 g/mol. The molecule has 1 aromatic carbocycles. The molecular weight excluding hydrogens is 306 g/mol. The summed E-state index contributed by atoms with van der Waals surface area (Å²) in [5, 5.41) is 12.0. The van der Waals surface area contributed by atoms with Crippen molar-refractivity contribution in [2.45, 2.75) is 32.7 Å². The number of aromatic nitrogens is 4. The monoisotopic (exact) mass is 327 g/mol. The number of amides is 1. The molecule has 0 aliphatic rings. The first-order chi connectivity index (χ1) is 11.5. The van der Waals surface area contributed by atoms with Crippen LogP contribution in [0.1, 0.15) is 37.8 Å². The Morgan fingerprint density at radius 2 is 2.12 bits per heavy atom. The Morgan fingerprint density at radius 3 is 2.83 bits per heavy atom. The second-order valence-electron chi connectivity index (χ2n) is 6.29. The number of rotatable bonds is 6. The van der Waals surface area contributed by atoms with Crippen LogP contribution in [0.5, 0.6) is 0 Å². The molecule has 24 heavy (non-hydrogen) atoms. The second-order valence-corrected chi connectivity index (χ2v) is 6.29. The number of hydrogen-bond donors (Lipinski definition) is 1. The van der Waals surface area contributed by atoms with E-state index in [1.165, 1.54) is 6.33 Å². The van der Waals surface area contributed by atoms with Crippen LogP contribution < -0.4 is 5.32 Å². The molecule has 3 aromatic rings. The van der Waals surface area contributed by atoms with Crippen molar-refractivity contribution in [3.8, 4) is 0 Å². The zero-order chi connectivity index (χ0) is 17.1. The van der Waals surface area contributed by atoms with Crippen LogP contribution in [0.2, 0.25) is 0 Å². The molecule has 2 heterocycles. The molecule has 0 bridgehead atoms. The van der Waals surface area contributed by atoms with Crippen molar-refractivity contribution < 1.29 is 9.32 Å². The van der Waals surface area contributed by atoms with Gasteiger partial charge in [0.05, 0.1) is 12.5 Å². The third-order valence-corrected chi connectivity index (χ3v) is 3.88. The van der Waals surface area contributed by atoms with Crippen LogP contribution in [-0.2, 0) is 18.3 Å². The first kappa shape index (κ1) is 16.2.